The maximum absolute atomic E-state index is 12.2. The number of rotatable bonds is 9. The first-order chi connectivity index (χ1) is 13.3. The van der Waals surface area contributed by atoms with E-state index in [0.717, 1.165) is 5.56 Å². The van der Waals surface area contributed by atoms with Crippen molar-refractivity contribution < 1.29 is 28.6 Å². The highest BCUT2D eigenvalue weighted by atomic mass is 16.6. The van der Waals surface area contributed by atoms with E-state index >= 15 is 0 Å². The summed E-state index contributed by atoms with van der Waals surface area (Å²) in [7, 11) is 0. The average molecular weight is 408 g/mol. The zero-order valence-electron chi connectivity index (χ0n) is 18.3. The van der Waals surface area contributed by atoms with Crippen molar-refractivity contribution >= 4 is 17.9 Å². The molecule has 0 aliphatic heterocycles. The van der Waals surface area contributed by atoms with Crippen molar-refractivity contribution in [2.75, 3.05) is 19.6 Å². The van der Waals surface area contributed by atoms with E-state index in [1.54, 1.807) is 41.5 Å². The first-order valence-electron chi connectivity index (χ1n) is 9.70. The van der Waals surface area contributed by atoms with Crippen LogP contribution in [0.1, 0.15) is 53.5 Å². The lowest BCUT2D eigenvalue weighted by atomic mass is 10.2. The van der Waals surface area contributed by atoms with Crippen LogP contribution in [0.4, 0.5) is 0 Å². The molecule has 0 aromatic heterocycles. The molecule has 0 bridgehead atoms. The maximum atomic E-state index is 12.2. The molecule has 0 radical (unpaired) electrons. The lowest BCUT2D eigenvalue weighted by Crippen LogP contribution is -2.40. The molecular weight excluding hydrogens is 374 g/mol. The number of nitrogens with zero attached hydrogens (tertiary/aromatic N) is 1. The standard InChI is InChI=1S/C22H33NO6/c1-21(2,3)28-19(25)14-23(15-20(26)29-22(4,5)6)13-12-18(24)27-16-17-10-8-7-9-11-17/h7-11H,12-16H2,1-6H3. The van der Waals surface area contributed by atoms with E-state index in [1.807, 2.05) is 30.3 Å². The van der Waals surface area contributed by atoms with E-state index in [-0.39, 0.29) is 32.7 Å². The molecule has 0 unspecified atom stereocenters. The first-order valence-corrected chi connectivity index (χ1v) is 9.70. The highest BCUT2D eigenvalue weighted by Crippen LogP contribution is 2.10. The average Bonchev–Trinajstić information content (AvgIpc) is 2.55. The molecule has 0 aliphatic carbocycles. The molecule has 0 amide bonds. The minimum Gasteiger partial charge on any atom is -0.461 e. The summed E-state index contributed by atoms with van der Waals surface area (Å²) in [6, 6.07) is 9.35. The molecule has 7 heteroatoms. The topological polar surface area (TPSA) is 82.1 Å². The lowest BCUT2D eigenvalue weighted by molar-refractivity contribution is -0.161. The Bertz CT molecular complexity index is 643. The summed E-state index contributed by atoms with van der Waals surface area (Å²) in [4.78, 5) is 37.9. The molecule has 7 nitrogen and oxygen atoms in total. The molecule has 0 heterocycles. The summed E-state index contributed by atoms with van der Waals surface area (Å²) >= 11 is 0. The maximum Gasteiger partial charge on any atom is 0.320 e. The van der Waals surface area contributed by atoms with Crippen LogP contribution in [0.15, 0.2) is 30.3 Å². The largest absolute Gasteiger partial charge is 0.461 e. The van der Waals surface area contributed by atoms with Crippen LogP contribution in [0.5, 0.6) is 0 Å². The van der Waals surface area contributed by atoms with Gasteiger partial charge in [0.25, 0.3) is 0 Å². The van der Waals surface area contributed by atoms with E-state index in [1.165, 1.54) is 4.90 Å². The molecule has 0 atom stereocenters. The van der Waals surface area contributed by atoms with Gasteiger partial charge in [0.1, 0.15) is 17.8 Å². The third-order valence-corrected chi connectivity index (χ3v) is 3.42. The molecule has 0 fully saturated rings. The number of benzene rings is 1. The second-order valence-electron chi connectivity index (χ2n) is 8.78. The minimum absolute atomic E-state index is 0.0401. The molecule has 1 aromatic rings. The summed E-state index contributed by atoms with van der Waals surface area (Å²) in [5.41, 5.74) is -0.382. The van der Waals surface area contributed by atoms with Crippen molar-refractivity contribution in [2.45, 2.75) is 65.8 Å². The Kier molecular flexibility index (Phi) is 9.30. The molecule has 1 aromatic carbocycles. The van der Waals surface area contributed by atoms with Crippen LogP contribution in [0, 0.1) is 0 Å². The van der Waals surface area contributed by atoms with Gasteiger partial charge in [-0.05, 0) is 47.1 Å². The Morgan fingerprint density at radius 3 is 1.72 bits per heavy atom. The predicted molar refractivity (Wildman–Crippen MR) is 109 cm³/mol. The summed E-state index contributed by atoms with van der Waals surface area (Å²) in [6.07, 6.45) is 0.0401. The zero-order chi connectivity index (χ0) is 22.1. The van der Waals surface area contributed by atoms with E-state index in [0.29, 0.717) is 0 Å². The molecule has 1 rings (SSSR count). The van der Waals surface area contributed by atoms with Crippen molar-refractivity contribution in [3.63, 3.8) is 0 Å². The van der Waals surface area contributed by atoms with Gasteiger partial charge in [0, 0.05) is 6.54 Å². The third-order valence-electron chi connectivity index (χ3n) is 3.42. The van der Waals surface area contributed by atoms with Gasteiger partial charge in [-0.2, -0.15) is 0 Å². The predicted octanol–water partition coefficient (Wildman–Crippen LogP) is 3.11. The number of hydrogen-bond donors (Lipinski definition) is 0. The quantitative estimate of drug-likeness (QED) is 0.459. The third kappa shape index (κ3) is 12.6. The molecule has 162 valence electrons. The number of hydrogen-bond acceptors (Lipinski definition) is 7. The second-order valence-corrected chi connectivity index (χ2v) is 8.78. The highest BCUT2D eigenvalue weighted by molar-refractivity contribution is 5.76. The summed E-state index contributed by atoms with van der Waals surface area (Å²) in [5, 5.41) is 0. The highest BCUT2D eigenvalue weighted by Gasteiger charge is 2.24. The van der Waals surface area contributed by atoms with Gasteiger partial charge in [0.15, 0.2) is 0 Å². The van der Waals surface area contributed by atoms with Gasteiger partial charge >= 0.3 is 17.9 Å². The number of carbonyl (C=O) groups is 3. The normalized spacial score (nSPS) is 11.8. The Morgan fingerprint density at radius 1 is 0.793 bits per heavy atom. The van der Waals surface area contributed by atoms with Crippen LogP contribution in [-0.2, 0) is 35.2 Å². The van der Waals surface area contributed by atoms with Gasteiger partial charge in [-0.3, -0.25) is 19.3 Å². The Labute approximate surface area is 173 Å². The molecule has 0 saturated carbocycles. The zero-order valence-corrected chi connectivity index (χ0v) is 18.3. The molecular formula is C22H33NO6. The smallest absolute Gasteiger partial charge is 0.320 e. The van der Waals surface area contributed by atoms with E-state index in [2.05, 4.69) is 0 Å². The summed E-state index contributed by atoms with van der Waals surface area (Å²) < 4.78 is 15.9. The Hall–Kier alpha value is -2.41. The van der Waals surface area contributed by atoms with Gasteiger partial charge in [-0.15, -0.1) is 0 Å². The summed E-state index contributed by atoms with van der Waals surface area (Å²) in [5.74, 6) is -1.36. The SMILES string of the molecule is CC(C)(C)OC(=O)CN(CCC(=O)OCc1ccccc1)CC(=O)OC(C)(C)C. The fourth-order valence-corrected chi connectivity index (χ4v) is 2.39. The van der Waals surface area contributed by atoms with Crippen LogP contribution < -0.4 is 0 Å². The summed E-state index contributed by atoms with van der Waals surface area (Å²) in [6.45, 7) is 10.7. The number of carbonyl (C=O) groups excluding carboxylic acids is 3. The van der Waals surface area contributed by atoms with Crippen molar-refractivity contribution in [2.24, 2.45) is 0 Å². The van der Waals surface area contributed by atoms with Crippen LogP contribution in [0.2, 0.25) is 0 Å². The fraction of sp³-hybridized carbons (Fsp3) is 0.591. The second kappa shape index (κ2) is 11.0. The molecule has 0 saturated heterocycles. The molecule has 0 N–H and O–H groups in total. The van der Waals surface area contributed by atoms with E-state index < -0.39 is 29.1 Å². The first kappa shape index (κ1) is 24.6. The van der Waals surface area contributed by atoms with Gasteiger partial charge in [-0.25, -0.2) is 0 Å². The van der Waals surface area contributed by atoms with Gasteiger partial charge in [-0.1, -0.05) is 30.3 Å². The fourth-order valence-electron chi connectivity index (χ4n) is 2.39. The van der Waals surface area contributed by atoms with Crippen LogP contribution in [0.3, 0.4) is 0 Å². The van der Waals surface area contributed by atoms with Gasteiger partial charge in [0.05, 0.1) is 19.5 Å². The van der Waals surface area contributed by atoms with Crippen LogP contribution >= 0.6 is 0 Å². The number of esters is 3. The monoisotopic (exact) mass is 407 g/mol. The van der Waals surface area contributed by atoms with E-state index in [4.69, 9.17) is 14.2 Å². The van der Waals surface area contributed by atoms with Crippen LogP contribution in [0.25, 0.3) is 0 Å². The lowest BCUT2D eigenvalue weighted by Gasteiger charge is -2.26. The van der Waals surface area contributed by atoms with Crippen LogP contribution in [-0.4, -0.2) is 53.6 Å². The van der Waals surface area contributed by atoms with Crippen molar-refractivity contribution in [3.05, 3.63) is 35.9 Å². The van der Waals surface area contributed by atoms with Gasteiger partial charge < -0.3 is 14.2 Å². The number of ether oxygens (including phenoxy) is 3. The van der Waals surface area contributed by atoms with E-state index in [9.17, 15) is 14.4 Å². The Balaban J connectivity index is 2.60. The van der Waals surface area contributed by atoms with Crippen molar-refractivity contribution in [3.8, 4) is 0 Å². The van der Waals surface area contributed by atoms with Gasteiger partial charge in [0.2, 0.25) is 0 Å². The molecule has 29 heavy (non-hydrogen) atoms. The van der Waals surface area contributed by atoms with Crippen molar-refractivity contribution in [1.82, 2.24) is 4.90 Å². The van der Waals surface area contributed by atoms with Crippen molar-refractivity contribution in [1.29, 1.82) is 0 Å². The minimum atomic E-state index is -0.636. The molecule has 0 aliphatic rings. The molecule has 0 spiro atoms. The Morgan fingerprint density at radius 2 is 1.28 bits per heavy atom.